The Morgan fingerprint density at radius 2 is 1.81 bits per heavy atom. The first-order chi connectivity index (χ1) is 14.5. The summed E-state index contributed by atoms with van der Waals surface area (Å²) in [4.78, 5) is 2.38. The summed E-state index contributed by atoms with van der Waals surface area (Å²) < 4.78 is 0. The molecule has 0 saturated carbocycles. The summed E-state index contributed by atoms with van der Waals surface area (Å²) in [6.45, 7) is 22.0. The average molecular weight is 419 g/mol. The Bertz CT molecular complexity index is 949. The lowest BCUT2D eigenvalue weighted by Gasteiger charge is -2.29. The monoisotopic (exact) mass is 418 g/mol. The minimum absolute atomic E-state index is 0.441. The molecule has 0 spiro atoms. The minimum atomic E-state index is 0.441. The molecule has 1 aromatic rings. The van der Waals surface area contributed by atoms with E-state index < -0.39 is 0 Å². The lowest BCUT2D eigenvalue weighted by atomic mass is 9.78. The van der Waals surface area contributed by atoms with E-state index in [0.717, 1.165) is 23.1 Å². The van der Waals surface area contributed by atoms with E-state index in [1.165, 1.54) is 46.4 Å². The molecule has 0 aliphatic heterocycles. The van der Waals surface area contributed by atoms with Gasteiger partial charge in [0.25, 0.3) is 0 Å². The summed E-state index contributed by atoms with van der Waals surface area (Å²) in [5.41, 5.74) is 11.5. The molecule has 2 nitrogen and oxygen atoms in total. The third kappa shape index (κ3) is 5.47. The topological polar surface area (TPSA) is 27.1 Å². The number of nitrogens with zero attached hydrogens (tertiary/aromatic N) is 1. The smallest absolute Gasteiger partial charge is 0.0647 e. The van der Waals surface area contributed by atoms with Crippen LogP contribution < -0.4 is 0 Å². The van der Waals surface area contributed by atoms with Crippen LogP contribution in [0.1, 0.15) is 89.5 Å². The number of hydrogen-bond donors (Lipinski definition) is 1. The van der Waals surface area contributed by atoms with Gasteiger partial charge < -0.3 is 4.90 Å². The molecule has 1 aliphatic carbocycles. The summed E-state index contributed by atoms with van der Waals surface area (Å²) >= 11 is 0. The molecule has 1 N–H and O–H groups in total. The predicted molar refractivity (Wildman–Crippen MR) is 137 cm³/mol. The second-order valence-electron chi connectivity index (χ2n) is 9.68. The van der Waals surface area contributed by atoms with Crippen LogP contribution in [0.5, 0.6) is 0 Å². The molecule has 0 amide bonds. The molecule has 0 radical (unpaired) electrons. The van der Waals surface area contributed by atoms with Crippen LogP contribution in [0.15, 0.2) is 58.9 Å². The van der Waals surface area contributed by atoms with Crippen LogP contribution in [-0.4, -0.2) is 23.7 Å². The third-order valence-electron chi connectivity index (χ3n) is 6.59. The van der Waals surface area contributed by atoms with Crippen LogP contribution in [0.25, 0.3) is 0 Å². The Hall–Kier alpha value is -2.35. The Morgan fingerprint density at radius 1 is 1.16 bits per heavy atom. The van der Waals surface area contributed by atoms with Crippen LogP contribution in [0.2, 0.25) is 0 Å². The molecule has 168 valence electrons. The van der Waals surface area contributed by atoms with Crippen LogP contribution in [0, 0.1) is 12.3 Å². The highest BCUT2D eigenvalue weighted by Crippen LogP contribution is 2.35. The molecule has 2 rings (SSSR count). The summed E-state index contributed by atoms with van der Waals surface area (Å²) in [5, 5.41) is 8.85. The molecule has 2 heteroatoms. The van der Waals surface area contributed by atoms with E-state index in [-0.39, 0.29) is 0 Å². The van der Waals surface area contributed by atoms with Gasteiger partial charge in [0.2, 0.25) is 0 Å². The maximum Gasteiger partial charge on any atom is 0.0647 e. The zero-order valence-electron chi connectivity index (χ0n) is 21.2. The second-order valence-corrected chi connectivity index (χ2v) is 9.68. The van der Waals surface area contributed by atoms with E-state index in [1.54, 1.807) is 0 Å². The zero-order valence-corrected chi connectivity index (χ0v) is 21.2. The maximum absolute atomic E-state index is 8.85. The average Bonchev–Trinajstić information content (AvgIpc) is 2.70. The van der Waals surface area contributed by atoms with E-state index >= 15 is 0 Å². The summed E-state index contributed by atoms with van der Waals surface area (Å²) in [5.74, 6) is 0.441. The van der Waals surface area contributed by atoms with Crippen LogP contribution in [-0.2, 0) is 6.42 Å². The molecule has 1 unspecified atom stereocenters. The number of fused-ring (bicyclic) bond motifs is 1. The van der Waals surface area contributed by atoms with Crippen molar-refractivity contribution in [3.8, 4) is 0 Å². The summed E-state index contributed by atoms with van der Waals surface area (Å²) in [6.07, 6.45) is 7.58. The molecular formula is C29H42N2. The molecule has 0 heterocycles. The van der Waals surface area contributed by atoms with E-state index in [2.05, 4.69) is 98.2 Å². The fraction of sp³-hybridized carbons (Fsp3) is 0.483. The molecule has 0 saturated heterocycles. The van der Waals surface area contributed by atoms with E-state index in [4.69, 9.17) is 5.41 Å². The standard InChI is InChI=1S/C29H42N2/c1-11-12-22(8)31(10)28(19(4)5)14-13-21(7)25-17-26-24(18(2)3)15-20(6)16-27(26)29(30)23(25)9/h13-16,18,22,30H,7,11-12,17H2,1-6,8-10H3/b14-13-,30-29?. The van der Waals surface area contributed by atoms with Crippen molar-refractivity contribution in [2.75, 3.05) is 7.05 Å². The van der Waals surface area contributed by atoms with Crippen LogP contribution in [0.4, 0.5) is 0 Å². The minimum Gasteiger partial charge on any atom is -0.372 e. The number of likely N-dealkylation sites (N-methyl/N-ethyl adjacent to an activating group) is 1. The maximum atomic E-state index is 8.85. The van der Waals surface area contributed by atoms with Gasteiger partial charge in [-0.1, -0.05) is 57.0 Å². The second kappa shape index (κ2) is 10.3. The molecular weight excluding hydrogens is 376 g/mol. The van der Waals surface area contributed by atoms with Crippen molar-refractivity contribution in [1.82, 2.24) is 4.90 Å². The number of rotatable bonds is 8. The number of hydrogen-bond acceptors (Lipinski definition) is 2. The van der Waals surface area contributed by atoms with Crippen LogP contribution in [0.3, 0.4) is 0 Å². The van der Waals surface area contributed by atoms with Crippen molar-refractivity contribution in [3.05, 3.63) is 81.1 Å². The van der Waals surface area contributed by atoms with Gasteiger partial charge in [-0.05, 0) is 93.4 Å². The number of benzene rings is 1. The van der Waals surface area contributed by atoms with Crippen molar-refractivity contribution < 1.29 is 0 Å². The lowest BCUT2D eigenvalue weighted by Crippen LogP contribution is -2.28. The molecule has 1 aliphatic rings. The lowest BCUT2D eigenvalue weighted by molar-refractivity contribution is 0.311. The highest BCUT2D eigenvalue weighted by atomic mass is 15.1. The van der Waals surface area contributed by atoms with Crippen molar-refractivity contribution >= 4 is 5.71 Å². The molecule has 1 aromatic carbocycles. The predicted octanol–water partition coefficient (Wildman–Crippen LogP) is 7.89. The largest absolute Gasteiger partial charge is 0.372 e. The Kier molecular flexibility index (Phi) is 8.28. The highest BCUT2D eigenvalue weighted by molar-refractivity contribution is 6.13. The number of allylic oxidation sites excluding steroid dienone is 6. The molecule has 31 heavy (non-hydrogen) atoms. The Balaban J connectivity index is 2.39. The van der Waals surface area contributed by atoms with E-state index in [0.29, 0.717) is 17.7 Å². The zero-order chi connectivity index (χ0) is 23.5. The van der Waals surface area contributed by atoms with Gasteiger partial charge in [0, 0.05) is 24.4 Å². The van der Waals surface area contributed by atoms with Crippen LogP contribution >= 0.6 is 0 Å². The molecule has 0 fully saturated rings. The van der Waals surface area contributed by atoms with Gasteiger partial charge in [-0.3, -0.25) is 5.41 Å². The van der Waals surface area contributed by atoms with Gasteiger partial charge >= 0.3 is 0 Å². The summed E-state index contributed by atoms with van der Waals surface area (Å²) in [7, 11) is 2.18. The SMILES string of the molecule is C=C(/C=C\C(=C(C)C)N(C)C(C)CCC)C1=C(C)C(=N)c2cc(C)cc(C(C)C)c2C1. The number of nitrogens with one attached hydrogen (secondary N) is 1. The molecule has 0 aromatic heterocycles. The fourth-order valence-electron chi connectivity index (χ4n) is 4.56. The van der Waals surface area contributed by atoms with Crippen molar-refractivity contribution in [1.29, 1.82) is 5.41 Å². The van der Waals surface area contributed by atoms with Gasteiger partial charge in [-0.2, -0.15) is 0 Å². The number of aryl methyl sites for hydroxylation is 1. The first kappa shape index (κ1) is 24.9. The normalized spacial score (nSPS) is 14.8. The van der Waals surface area contributed by atoms with Crippen molar-refractivity contribution in [2.45, 2.75) is 86.6 Å². The first-order valence-corrected chi connectivity index (χ1v) is 11.7. The molecule has 1 atom stereocenters. The van der Waals surface area contributed by atoms with Gasteiger partial charge in [0.1, 0.15) is 0 Å². The quantitative estimate of drug-likeness (QED) is 0.427. The highest BCUT2D eigenvalue weighted by Gasteiger charge is 2.25. The van der Waals surface area contributed by atoms with Crippen molar-refractivity contribution in [3.63, 3.8) is 0 Å². The van der Waals surface area contributed by atoms with Crippen molar-refractivity contribution in [2.24, 2.45) is 0 Å². The van der Waals surface area contributed by atoms with Gasteiger partial charge in [-0.25, -0.2) is 0 Å². The first-order valence-electron chi connectivity index (χ1n) is 11.7. The third-order valence-corrected chi connectivity index (χ3v) is 6.59. The van der Waals surface area contributed by atoms with Gasteiger partial charge in [0.15, 0.2) is 0 Å². The van der Waals surface area contributed by atoms with Gasteiger partial charge in [-0.15, -0.1) is 0 Å². The van der Waals surface area contributed by atoms with E-state index in [9.17, 15) is 0 Å². The van der Waals surface area contributed by atoms with E-state index in [1.807, 2.05) is 0 Å². The molecule has 0 bridgehead atoms. The Labute approximate surface area is 191 Å². The Morgan fingerprint density at radius 3 is 2.35 bits per heavy atom. The fourth-order valence-corrected chi connectivity index (χ4v) is 4.56. The summed E-state index contributed by atoms with van der Waals surface area (Å²) in [6, 6.07) is 4.97. The van der Waals surface area contributed by atoms with Gasteiger partial charge in [0.05, 0.1) is 5.71 Å².